The number of pyridine rings is 1. The number of carbonyl (C=O) groups excluding carboxylic acids is 2. The van der Waals surface area contributed by atoms with Gasteiger partial charge in [-0.05, 0) is 31.2 Å². The largest absolute Gasteiger partial charge is 0.352 e. The van der Waals surface area contributed by atoms with Gasteiger partial charge in [-0.2, -0.15) is 0 Å². The Kier molecular flexibility index (Phi) is 4.90. The van der Waals surface area contributed by atoms with E-state index in [1.165, 1.54) is 18.5 Å². The van der Waals surface area contributed by atoms with Gasteiger partial charge >= 0.3 is 0 Å². The second kappa shape index (κ2) is 6.85. The zero-order valence-corrected chi connectivity index (χ0v) is 12.1. The number of hydrogen-bond acceptors (Lipinski definition) is 3. The van der Waals surface area contributed by atoms with Crippen molar-refractivity contribution in [1.29, 1.82) is 0 Å². The topological polar surface area (TPSA) is 71.1 Å². The molecule has 21 heavy (non-hydrogen) atoms. The summed E-state index contributed by atoms with van der Waals surface area (Å²) in [7, 11) is 0. The molecule has 0 radical (unpaired) electrons. The minimum absolute atomic E-state index is 0.185. The molecule has 0 aliphatic rings. The summed E-state index contributed by atoms with van der Waals surface area (Å²) >= 11 is 5.92. The summed E-state index contributed by atoms with van der Waals surface area (Å²) < 4.78 is 0. The zero-order chi connectivity index (χ0) is 15.2. The van der Waals surface area contributed by atoms with Crippen molar-refractivity contribution in [3.05, 3.63) is 58.9 Å². The van der Waals surface area contributed by atoms with Crippen LogP contribution in [-0.2, 0) is 0 Å². The molecule has 0 atom stereocenters. The van der Waals surface area contributed by atoms with Crippen LogP contribution in [0.4, 0.5) is 5.69 Å². The molecule has 108 valence electrons. The van der Waals surface area contributed by atoms with E-state index < -0.39 is 0 Å². The van der Waals surface area contributed by atoms with Gasteiger partial charge in [-0.3, -0.25) is 14.6 Å². The van der Waals surface area contributed by atoms with Gasteiger partial charge in [0.05, 0.1) is 10.6 Å². The quantitative estimate of drug-likeness (QED) is 0.912. The number of hydrogen-bond donors (Lipinski definition) is 2. The lowest BCUT2D eigenvalue weighted by Crippen LogP contribution is -2.22. The molecule has 0 bridgehead atoms. The first-order valence-corrected chi connectivity index (χ1v) is 6.78. The summed E-state index contributed by atoms with van der Waals surface area (Å²) in [5.74, 6) is -0.536. The fourth-order valence-electron chi connectivity index (χ4n) is 1.76. The van der Waals surface area contributed by atoms with E-state index in [0.717, 1.165) is 0 Å². The van der Waals surface area contributed by atoms with Crippen LogP contribution in [0.15, 0.2) is 42.7 Å². The Balaban J connectivity index is 2.17. The number of carbonyl (C=O) groups is 2. The second-order valence-electron chi connectivity index (χ2n) is 4.25. The number of benzene rings is 1. The van der Waals surface area contributed by atoms with Gasteiger partial charge in [-0.25, -0.2) is 0 Å². The van der Waals surface area contributed by atoms with Gasteiger partial charge in [-0.1, -0.05) is 17.7 Å². The first kappa shape index (κ1) is 15.0. The second-order valence-corrected chi connectivity index (χ2v) is 4.66. The molecule has 6 heteroatoms. The predicted octanol–water partition coefficient (Wildman–Crippen LogP) is 2.74. The number of nitrogens with zero attached hydrogens (tertiary/aromatic N) is 1. The molecule has 2 N–H and O–H groups in total. The molecule has 1 heterocycles. The van der Waals surface area contributed by atoms with E-state index in [1.807, 2.05) is 6.92 Å². The standard InChI is InChI=1S/C15H14ClN3O2/c1-2-18-14(20)10-4-3-5-11(8-10)19-15(21)12-6-7-17-9-13(12)16/h3-9H,2H2,1H3,(H,18,20)(H,19,21). The van der Waals surface area contributed by atoms with E-state index in [9.17, 15) is 9.59 Å². The summed E-state index contributed by atoms with van der Waals surface area (Å²) in [6.07, 6.45) is 2.90. The molecular formula is C15H14ClN3O2. The summed E-state index contributed by atoms with van der Waals surface area (Å²) in [6.45, 7) is 2.39. The fraction of sp³-hybridized carbons (Fsp3) is 0.133. The molecule has 0 fully saturated rings. The first-order valence-electron chi connectivity index (χ1n) is 6.41. The Labute approximate surface area is 127 Å². The minimum atomic E-state index is -0.351. The van der Waals surface area contributed by atoms with Gasteiger partial charge in [0.15, 0.2) is 0 Å². The Bertz CT molecular complexity index is 673. The molecule has 1 aromatic carbocycles. The molecule has 0 unspecified atom stereocenters. The van der Waals surface area contributed by atoms with E-state index in [1.54, 1.807) is 24.3 Å². The number of halogens is 1. The van der Waals surface area contributed by atoms with Crippen molar-refractivity contribution in [3.8, 4) is 0 Å². The SMILES string of the molecule is CCNC(=O)c1cccc(NC(=O)c2ccncc2Cl)c1. The molecule has 0 spiro atoms. The van der Waals surface area contributed by atoms with E-state index in [0.29, 0.717) is 23.4 Å². The molecule has 0 saturated heterocycles. The highest BCUT2D eigenvalue weighted by Gasteiger charge is 2.11. The zero-order valence-electron chi connectivity index (χ0n) is 11.4. The lowest BCUT2D eigenvalue weighted by Gasteiger charge is -2.08. The van der Waals surface area contributed by atoms with Crippen LogP contribution in [0.3, 0.4) is 0 Å². The average Bonchev–Trinajstić information content (AvgIpc) is 2.48. The van der Waals surface area contributed by atoms with Crippen molar-refractivity contribution in [1.82, 2.24) is 10.3 Å². The van der Waals surface area contributed by atoms with E-state index in [2.05, 4.69) is 15.6 Å². The number of anilines is 1. The van der Waals surface area contributed by atoms with Crippen molar-refractivity contribution in [2.75, 3.05) is 11.9 Å². The van der Waals surface area contributed by atoms with Gasteiger partial charge in [-0.15, -0.1) is 0 Å². The van der Waals surface area contributed by atoms with Crippen molar-refractivity contribution < 1.29 is 9.59 Å². The van der Waals surface area contributed by atoms with Crippen molar-refractivity contribution in [3.63, 3.8) is 0 Å². The highest BCUT2D eigenvalue weighted by molar-refractivity contribution is 6.34. The molecule has 2 rings (SSSR count). The summed E-state index contributed by atoms with van der Waals surface area (Å²) in [5.41, 5.74) is 1.34. The van der Waals surface area contributed by atoms with Gasteiger partial charge < -0.3 is 10.6 Å². The van der Waals surface area contributed by atoms with Crippen molar-refractivity contribution in [2.45, 2.75) is 6.92 Å². The Hall–Kier alpha value is -2.40. The lowest BCUT2D eigenvalue weighted by atomic mass is 10.1. The number of aromatic nitrogens is 1. The summed E-state index contributed by atoms with van der Waals surface area (Å²) in [6, 6.07) is 8.23. The molecular weight excluding hydrogens is 290 g/mol. The average molecular weight is 304 g/mol. The maximum atomic E-state index is 12.1. The highest BCUT2D eigenvalue weighted by atomic mass is 35.5. The van der Waals surface area contributed by atoms with Crippen LogP contribution in [0.2, 0.25) is 5.02 Å². The fourth-order valence-corrected chi connectivity index (χ4v) is 1.96. The summed E-state index contributed by atoms with van der Waals surface area (Å²) in [5, 5.41) is 5.68. The summed E-state index contributed by atoms with van der Waals surface area (Å²) in [4.78, 5) is 27.7. The van der Waals surface area contributed by atoms with Crippen molar-refractivity contribution in [2.24, 2.45) is 0 Å². The maximum absolute atomic E-state index is 12.1. The van der Waals surface area contributed by atoms with Crippen LogP contribution in [0, 0.1) is 0 Å². The number of rotatable bonds is 4. The smallest absolute Gasteiger partial charge is 0.257 e. The number of amides is 2. The van der Waals surface area contributed by atoms with E-state index in [4.69, 9.17) is 11.6 Å². The third kappa shape index (κ3) is 3.79. The lowest BCUT2D eigenvalue weighted by molar-refractivity contribution is 0.0954. The first-order chi connectivity index (χ1) is 10.1. The molecule has 0 aliphatic heterocycles. The van der Waals surface area contributed by atoms with Crippen LogP contribution in [-0.4, -0.2) is 23.3 Å². The molecule has 5 nitrogen and oxygen atoms in total. The van der Waals surface area contributed by atoms with Gasteiger partial charge in [0, 0.05) is 30.2 Å². The monoisotopic (exact) mass is 303 g/mol. The molecule has 0 saturated carbocycles. The van der Waals surface area contributed by atoms with Crippen LogP contribution in [0.5, 0.6) is 0 Å². The Morgan fingerprint density at radius 1 is 1.24 bits per heavy atom. The van der Waals surface area contributed by atoms with E-state index in [-0.39, 0.29) is 16.8 Å². The normalized spacial score (nSPS) is 10.0. The van der Waals surface area contributed by atoms with Gasteiger partial charge in [0.25, 0.3) is 11.8 Å². The molecule has 2 aromatic rings. The van der Waals surface area contributed by atoms with Gasteiger partial charge in [0.2, 0.25) is 0 Å². The Morgan fingerprint density at radius 2 is 2.05 bits per heavy atom. The van der Waals surface area contributed by atoms with Crippen molar-refractivity contribution >= 4 is 29.1 Å². The predicted molar refractivity (Wildman–Crippen MR) is 81.6 cm³/mol. The van der Waals surface area contributed by atoms with Crippen LogP contribution < -0.4 is 10.6 Å². The van der Waals surface area contributed by atoms with Crippen LogP contribution >= 0.6 is 11.6 Å². The molecule has 0 aliphatic carbocycles. The molecule has 1 aromatic heterocycles. The van der Waals surface area contributed by atoms with Crippen LogP contribution in [0.1, 0.15) is 27.6 Å². The maximum Gasteiger partial charge on any atom is 0.257 e. The van der Waals surface area contributed by atoms with E-state index >= 15 is 0 Å². The van der Waals surface area contributed by atoms with Crippen LogP contribution in [0.25, 0.3) is 0 Å². The van der Waals surface area contributed by atoms with Gasteiger partial charge in [0.1, 0.15) is 0 Å². The third-order valence-electron chi connectivity index (χ3n) is 2.74. The Morgan fingerprint density at radius 3 is 2.76 bits per heavy atom. The highest BCUT2D eigenvalue weighted by Crippen LogP contribution is 2.17. The number of nitrogens with one attached hydrogen (secondary N) is 2. The third-order valence-corrected chi connectivity index (χ3v) is 3.04. The minimum Gasteiger partial charge on any atom is -0.352 e. The molecule has 2 amide bonds.